The average Bonchev–Trinajstić information content (AvgIpc) is 2.08. The van der Waals surface area contributed by atoms with Gasteiger partial charge >= 0.3 is 0 Å². The van der Waals surface area contributed by atoms with Gasteiger partial charge in [0, 0.05) is 5.54 Å². The van der Waals surface area contributed by atoms with Gasteiger partial charge < -0.3 is 4.55 Å². The van der Waals surface area contributed by atoms with Gasteiger partial charge in [-0.25, -0.2) is 8.42 Å². The maximum absolute atomic E-state index is 12.3. The molecule has 0 saturated heterocycles. The van der Waals surface area contributed by atoms with Gasteiger partial charge in [-0.05, 0) is 38.5 Å². The van der Waals surface area contributed by atoms with Gasteiger partial charge in [-0.15, -0.1) is 0 Å². The second-order valence-corrected chi connectivity index (χ2v) is 11.5. The minimum atomic E-state index is -3.36. The lowest BCUT2D eigenvalue weighted by Gasteiger charge is -2.41. The average molecular weight is 340 g/mol. The molecular formula is C15H33NO3S2. The standard InChI is InChI=1S/C15H33NO3S2/c1-12(14(2,3)4)10-13(11-20(8)17)16(15(5,6)7)21(9,18)19/h12-13H,10-11H2,1-9H3. The van der Waals surface area contributed by atoms with Gasteiger partial charge in [0.05, 0.1) is 18.6 Å². The highest BCUT2D eigenvalue weighted by Gasteiger charge is 2.39. The summed E-state index contributed by atoms with van der Waals surface area (Å²) >= 11 is -1.04. The van der Waals surface area contributed by atoms with Crippen LogP contribution in [0.1, 0.15) is 54.9 Å². The predicted octanol–water partition coefficient (Wildman–Crippen LogP) is 2.87. The van der Waals surface area contributed by atoms with E-state index in [4.69, 9.17) is 0 Å². The van der Waals surface area contributed by atoms with Crippen LogP contribution in [0.25, 0.3) is 0 Å². The first-order chi connectivity index (χ1) is 9.06. The molecule has 3 unspecified atom stereocenters. The Morgan fingerprint density at radius 2 is 1.57 bits per heavy atom. The molecule has 0 rings (SSSR count). The maximum Gasteiger partial charge on any atom is 0.212 e. The summed E-state index contributed by atoms with van der Waals surface area (Å²) < 4.78 is 37.8. The summed E-state index contributed by atoms with van der Waals surface area (Å²) in [7, 11) is -3.36. The van der Waals surface area contributed by atoms with E-state index in [0.717, 1.165) is 0 Å². The Balaban J connectivity index is 5.56. The van der Waals surface area contributed by atoms with Crippen molar-refractivity contribution in [2.45, 2.75) is 66.5 Å². The zero-order valence-corrected chi connectivity index (χ0v) is 16.7. The van der Waals surface area contributed by atoms with Gasteiger partial charge in [0.25, 0.3) is 0 Å². The Morgan fingerprint density at radius 1 is 1.14 bits per heavy atom. The smallest absolute Gasteiger partial charge is 0.212 e. The summed E-state index contributed by atoms with van der Waals surface area (Å²) in [6.07, 6.45) is 3.59. The fourth-order valence-electron chi connectivity index (χ4n) is 2.58. The van der Waals surface area contributed by atoms with Crippen LogP contribution in [-0.2, 0) is 21.2 Å². The number of nitrogens with zero attached hydrogens (tertiary/aromatic N) is 1. The topological polar surface area (TPSA) is 60.4 Å². The second kappa shape index (κ2) is 7.20. The molecule has 0 spiro atoms. The van der Waals surface area contributed by atoms with E-state index in [9.17, 15) is 13.0 Å². The Hall–Kier alpha value is 0.220. The third kappa shape index (κ3) is 7.35. The van der Waals surface area contributed by atoms with E-state index >= 15 is 0 Å². The number of hydrogen-bond acceptors (Lipinski definition) is 3. The summed E-state index contributed by atoms with van der Waals surface area (Å²) in [5, 5.41) is 0. The fraction of sp³-hybridized carbons (Fsp3) is 1.00. The van der Waals surface area contributed by atoms with Crippen LogP contribution in [0, 0.1) is 11.3 Å². The van der Waals surface area contributed by atoms with Crippen molar-refractivity contribution in [2.24, 2.45) is 11.3 Å². The highest BCUT2D eigenvalue weighted by molar-refractivity contribution is 7.91. The number of rotatable bonds is 6. The molecule has 0 aliphatic heterocycles. The largest absolute Gasteiger partial charge is 0.617 e. The highest BCUT2D eigenvalue weighted by Crippen LogP contribution is 2.33. The molecule has 128 valence electrons. The van der Waals surface area contributed by atoms with Crippen molar-refractivity contribution in [1.82, 2.24) is 4.31 Å². The van der Waals surface area contributed by atoms with Crippen molar-refractivity contribution in [2.75, 3.05) is 18.3 Å². The molecule has 6 heteroatoms. The molecule has 0 N–H and O–H groups in total. The van der Waals surface area contributed by atoms with E-state index in [0.29, 0.717) is 18.1 Å². The summed E-state index contributed by atoms with van der Waals surface area (Å²) in [4.78, 5) is 0. The Kier molecular flexibility index (Phi) is 7.27. The van der Waals surface area contributed by atoms with Crippen LogP contribution in [0.4, 0.5) is 0 Å². The summed E-state index contributed by atoms with van der Waals surface area (Å²) in [5.74, 6) is 0.711. The molecule has 0 aliphatic rings. The van der Waals surface area contributed by atoms with Crippen LogP contribution in [0.15, 0.2) is 0 Å². The lowest BCUT2D eigenvalue weighted by Crippen LogP contribution is -2.54. The number of sulfonamides is 1. The summed E-state index contributed by atoms with van der Waals surface area (Å²) in [5.41, 5.74) is -0.427. The Bertz CT molecular complexity index is 419. The van der Waals surface area contributed by atoms with Gasteiger partial charge in [0.2, 0.25) is 10.0 Å². The van der Waals surface area contributed by atoms with Gasteiger partial charge in [0.1, 0.15) is 5.75 Å². The van der Waals surface area contributed by atoms with Crippen molar-refractivity contribution >= 4 is 21.2 Å². The van der Waals surface area contributed by atoms with Gasteiger partial charge in [0.15, 0.2) is 0 Å². The first kappa shape index (κ1) is 21.2. The highest BCUT2D eigenvalue weighted by atomic mass is 32.2. The van der Waals surface area contributed by atoms with Crippen molar-refractivity contribution in [1.29, 1.82) is 0 Å². The van der Waals surface area contributed by atoms with E-state index in [-0.39, 0.29) is 11.5 Å². The molecule has 21 heavy (non-hydrogen) atoms. The molecule has 0 aromatic heterocycles. The normalized spacial score (nSPS) is 18.6. The van der Waals surface area contributed by atoms with Crippen LogP contribution in [0.2, 0.25) is 0 Å². The Labute approximate surface area is 134 Å². The predicted molar refractivity (Wildman–Crippen MR) is 92.4 cm³/mol. The van der Waals surface area contributed by atoms with Gasteiger partial charge in [-0.2, -0.15) is 4.31 Å². The van der Waals surface area contributed by atoms with E-state index in [1.807, 2.05) is 20.8 Å². The van der Waals surface area contributed by atoms with Gasteiger partial charge in [-0.1, -0.05) is 38.9 Å². The van der Waals surface area contributed by atoms with Crippen LogP contribution < -0.4 is 0 Å². The van der Waals surface area contributed by atoms with Crippen molar-refractivity contribution in [3.05, 3.63) is 0 Å². The second-order valence-electron chi connectivity index (χ2n) is 8.13. The molecule has 0 aromatic carbocycles. The fourth-order valence-corrected chi connectivity index (χ4v) is 5.20. The van der Waals surface area contributed by atoms with Crippen LogP contribution >= 0.6 is 0 Å². The quantitative estimate of drug-likeness (QED) is 0.699. The maximum atomic E-state index is 12.3. The lowest BCUT2D eigenvalue weighted by molar-refractivity contribution is 0.147. The van der Waals surface area contributed by atoms with E-state index in [2.05, 4.69) is 27.7 Å². The molecule has 0 amide bonds. The molecule has 0 heterocycles. The molecule has 3 atom stereocenters. The zero-order valence-electron chi connectivity index (χ0n) is 15.1. The van der Waals surface area contributed by atoms with E-state index in [1.165, 1.54) is 6.26 Å². The van der Waals surface area contributed by atoms with Crippen LogP contribution in [0.3, 0.4) is 0 Å². The van der Waals surface area contributed by atoms with Crippen molar-refractivity contribution < 1.29 is 13.0 Å². The third-order valence-corrected chi connectivity index (χ3v) is 6.30. The summed E-state index contributed by atoms with van der Waals surface area (Å²) in [6, 6.07) is -0.236. The van der Waals surface area contributed by atoms with Crippen molar-refractivity contribution in [3.8, 4) is 0 Å². The van der Waals surface area contributed by atoms with E-state index < -0.39 is 26.7 Å². The lowest BCUT2D eigenvalue weighted by atomic mass is 9.78. The monoisotopic (exact) mass is 339 g/mol. The third-order valence-electron chi connectivity index (χ3n) is 3.88. The van der Waals surface area contributed by atoms with E-state index in [1.54, 1.807) is 10.6 Å². The first-order valence-electron chi connectivity index (χ1n) is 7.36. The van der Waals surface area contributed by atoms with Crippen LogP contribution in [-0.4, -0.2) is 47.1 Å². The molecule has 0 aliphatic carbocycles. The first-order valence-corrected chi connectivity index (χ1v) is 10.9. The minimum absolute atomic E-state index is 0.0918. The molecule has 4 nitrogen and oxygen atoms in total. The van der Waals surface area contributed by atoms with Gasteiger partial charge in [-0.3, -0.25) is 0 Å². The molecular weight excluding hydrogens is 306 g/mol. The SMILES string of the molecule is CC(CC(C[S+](C)[O-])N(C(C)(C)C)S(C)(=O)=O)C(C)(C)C. The number of hydrogen-bond donors (Lipinski definition) is 0. The minimum Gasteiger partial charge on any atom is -0.617 e. The molecule has 0 bridgehead atoms. The molecule has 0 radical (unpaired) electrons. The summed E-state index contributed by atoms with van der Waals surface area (Å²) in [6.45, 7) is 14.3. The molecule has 0 saturated carbocycles. The molecule has 0 fully saturated rings. The van der Waals surface area contributed by atoms with Crippen molar-refractivity contribution in [3.63, 3.8) is 0 Å². The zero-order chi connectivity index (χ0) is 17.2. The molecule has 0 aromatic rings. The Morgan fingerprint density at radius 3 is 1.81 bits per heavy atom. The van der Waals surface area contributed by atoms with Crippen LogP contribution in [0.5, 0.6) is 0 Å².